The molecule has 1 aromatic carbocycles. The highest BCUT2D eigenvalue weighted by Gasteiger charge is 2.25. The van der Waals surface area contributed by atoms with Crippen molar-refractivity contribution in [2.24, 2.45) is 0 Å². The first kappa shape index (κ1) is 20.8. The van der Waals surface area contributed by atoms with Crippen LogP contribution in [-0.2, 0) is 23.0 Å². The molecule has 2 N–H and O–H groups in total. The molecule has 1 aromatic heterocycles. The van der Waals surface area contributed by atoms with Gasteiger partial charge in [0.25, 0.3) is 0 Å². The predicted molar refractivity (Wildman–Crippen MR) is 113 cm³/mol. The Hall–Kier alpha value is -1.94. The van der Waals surface area contributed by atoms with E-state index >= 15 is 0 Å². The summed E-state index contributed by atoms with van der Waals surface area (Å²) >= 11 is 1.67. The third kappa shape index (κ3) is 4.91. The van der Waals surface area contributed by atoms with Crippen LogP contribution < -0.4 is 10.6 Å². The van der Waals surface area contributed by atoms with Gasteiger partial charge in [0.1, 0.15) is 0 Å². The van der Waals surface area contributed by atoms with Crippen molar-refractivity contribution in [2.75, 3.05) is 38.8 Å². The molecule has 0 aliphatic carbocycles. The summed E-state index contributed by atoms with van der Waals surface area (Å²) < 4.78 is 25.1. The summed E-state index contributed by atoms with van der Waals surface area (Å²) in [7, 11) is 0.760. The molecule has 3 rings (SSSR count). The largest absolute Gasteiger partial charge is 0.336 e. The predicted octanol–water partition coefficient (Wildman–Crippen LogP) is 2.49. The fourth-order valence-electron chi connectivity index (χ4n) is 3.36. The molecule has 9 heteroatoms. The topological polar surface area (TPSA) is 81.8 Å². The van der Waals surface area contributed by atoms with Crippen molar-refractivity contribution in [3.63, 3.8) is 0 Å². The molecule has 1 atom stereocenters. The van der Waals surface area contributed by atoms with Gasteiger partial charge >= 0.3 is 6.03 Å². The van der Waals surface area contributed by atoms with Crippen molar-refractivity contribution >= 4 is 33.1 Å². The minimum absolute atomic E-state index is 0.110. The van der Waals surface area contributed by atoms with Gasteiger partial charge in [-0.15, -0.1) is 11.3 Å². The minimum atomic E-state index is -3.22. The second-order valence-corrected chi connectivity index (χ2v) is 10.1. The summed E-state index contributed by atoms with van der Waals surface area (Å²) in [5.74, 6) is 0. The molecule has 0 radical (unpaired) electrons. The zero-order valence-electron chi connectivity index (χ0n) is 16.3. The van der Waals surface area contributed by atoms with E-state index in [1.807, 2.05) is 43.7 Å². The zero-order chi connectivity index (χ0) is 20.3. The van der Waals surface area contributed by atoms with Gasteiger partial charge in [-0.3, -0.25) is 0 Å². The number of likely N-dealkylation sites (N-methyl/N-ethyl adjacent to an activating group) is 1. The number of thiophene rings is 1. The van der Waals surface area contributed by atoms with Crippen LogP contribution in [0.25, 0.3) is 0 Å². The average Bonchev–Trinajstić information content (AvgIpc) is 3.15. The Labute approximate surface area is 170 Å². The first-order valence-electron chi connectivity index (χ1n) is 9.06. The van der Waals surface area contributed by atoms with Gasteiger partial charge in [0.2, 0.25) is 10.0 Å². The Balaban J connectivity index is 1.65. The van der Waals surface area contributed by atoms with Gasteiger partial charge in [0.15, 0.2) is 0 Å². The first-order chi connectivity index (χ1) is 13.3. The van der Waals surface area contributed by atoms with E-state index in [1.54, 1.807) is 11.3 Å². The Morgan fingerprint density at radius 2 is 2.07 bits per heavy atom. The smallest absolute Gasteiger partial charge is 0.319 e. The van der Waals surface area contributed by atoms with Gasteiger partial charge < -0.3 is 15.5 Å². The Kier molecular flexibility index (Phi) is 6.39. The van der Waals surface area contributed by atoms with Crippen LogP contribution in [0, 0.1) is 0 Å². The van der Waals surface area contributed by atoms with Crippen LogP contribution in [-0.4, -0.2) is 57.1 Å². The van der Waals surface area contributed by atoms with E-state index in [2.05, 4.69) is 21.6 Å². The second-order valence-electron chi connectivity index (χ2n) is 7.12. The average molecular weight is 423 g/mol. The van der Waals surface area contributed by atoms with E-state index in [9.17, 15) is 13.2 Å². The van der Waals surface area contributed by atoms with E-state index in [0.717, 1.165) is 16.8 Å². The molecule has 0 saturated carbocycles. The molecule has 7 nitrogen and oxygen atoms in total. The number of hydrogen-bond acceptors (Lipinski definition) is 5. The van der Waals surface area contributed by atoms with Crippen molar-refractivity contribution in [3.05, 3.63) is 51.7 Å². The molecule has 1 unspecified atom stereocenters. The van der Waals surface area contributed by atoms with Crippen LogP contribution in [0.15, 0.2) is 35.7 Å². The van der Waals surface area contributed by atoms with Crippen molar-refractivity contribution in [1.29, 1.82) is 0 Å². The summed E-state index contributed by atoms with van der Waals surface area (Å²) in [5.41, 5.74) is 2.67. The van der Waals surface area contributed by atoms with Crippen molar-refractivity contribution in [1.82, 2.24) is 14.5 Å². The summed E-state index contributed by atoms with van der Waals surface area (Å²) in [6, 6.07) is 9.53. The number of rotatable bonds is 6. The Bertz CT molecular complexity index is 927. The van der Waals surface area contributed by atoms with Crippen LogP contribution in [0.2, 0.25) is 0 Å². The van der Waals surface area contributed by atoms with Gasteiger partial charge in [-0.2, -0.15) is 4.31 Å². The van der Waals surface area contributed by atoms with Crippen molar-refractivity contribution in [3.8, 4) is 0 Å². The first-order valence-corrected chi connectivity index (χ1v) is 11.8. The maximum atomic E-state index is 12.5. The summed E-state index contributed by atoms with van der Waals surface area (Å²) in [6.45, 7) is 1.26. The SMILES string of the molecule is CN(C)C(CNC(=O)Nc1cccc2c1CCN(S(C)(=O)=O)C2)c1cccs1. The number of urea groups is 1. The van der Waals surface area contributed by atoms with Crippen molar-refractivity contribution < 1.29 is 13.2 Å². The van der Waals surface area contributed by atoms with Gasteiger partial charge in [-0.1, -0.05) is 18.2 Å². The van der Waals surface area contributed by atoms with Crippen LogP contribution in [0.3, 0.4) is 0 Å². The molecule has 2 aromatic rings. The summed E-state index contributed by atoms with van der Waals surface area (Å²) in [5, 5.41) is 7.91. The zero-order valence-corrected chi connectivity index (χ0v) is 17.9. The van der Waals surface area contributed by atoms with E-state index in [1.165, 1.54) is 15.4 Å². The number of nitrogens with zero attached hydrogens (tertiary/aromatic N) is 2. The standard InChI is InChI=1S/C19H26N4O3S2/c1-22(2)17(18-8-5-11-27-18)12-20-19(24)21-16-7-4-6-14-13-23(28(3,25)26)10-9-15(14)16/h4-8,11,17H,9-10,12-13H2,1-3H3,(H2,20,21,24). The molecule has 152 valence electrons. The fraction of sp³-hybridized carbons (Fsp3) is 0.421. The molecule has 2 heterocycles. The number of sulfonamides is 1. The molecule has 2 amide bonds. The van der Waals surface area contributed by atoms with Crippen LogP contribution in [0.4, 0.5) is 10.5 Å². The Morgan fingerprint density at radius 1 is 1.29 bits per heavy atom. The highest BCUT2D eigenvalue weighted by Crippen LogP contribution is 2.27. The quantitative estimate of drug-likeness (QED) is 0.749. The Morgan fingerprint density at radius 3 is 2.71 bits per heavy atom. The number of carbonyl (C=O) groups excluding carboxylic acids is 1. The maximum absolute atomic E-state index is 12.5. The number of nitrogens with one attached hydrogen (secondary N) is 2. The molecular weight excluding hydrogens is 396 g/mol. The fourth-order valence-corrected chi connectivity index (χ4v) is 5.08. The molecule has 0 spiro atoms. The van der Waals surface area contributed by atoms with Crippen LogP contribution >= 0.6 is 11.3 Å². The molecule has 0 bridgehead atoms. The molecule has 0 saturated heterocycles. The summed E-state index contributed by atoms with van der Waals surface area (Å²) in [4.78, 5) is 15.8. The molecule has 28 heavy (non-hydrogen) atoms. The lowest BCUT2D eigenvalue weighted by molar-refractivity contribution is 0.244. The molecule has 0 fully saturated rings. The number of amides is 2. The van der Waals surface area contributed by atoms with Gasteiger partial charge in [0.05, 0.1) is 12.3 Å². The van der Waals surface area contributed by atoms with E-state index in [4.69, 9.17) is 0 Å². The van der Waals surface area contributed by atoms with Gasteiger partial charge in [0, 0.05) is 30.2 Å². The second kappa shape index (κ2) is 8.60. The number of anilines is 1. The highest BCUT2D eigenvalue weighted by molar-refractivity contribution is 7.88. The lowest BCUT2D eigenvalue weighted by Gasteiger charge is -2.28. The van der Waals surface area contributed by atoms with E-state index < -0.39 is 10.0 Å². The maximum Gasteiger partial charge on any atom is 0.319 e. The van der Waals surface area contributed by atoms with Crippen LogP contribution in [0.5, 0.6) is 0 Å². The monoisotopic (exact) mass is 422 g/mol. The normalized spacial score (nSPS) is 15.9. The van der Waals surface area contributed by atoms with Gasteiger partial charge in [-0.05, 0) is 49.2 Å². The number of hydrogen-bond donors (Lipinski definition) is 2. The van der Waals surface area contributed by atoms with Crippen LogP contribution in [0.1, 0.15) is 22.0 Å². The molecule has 1 aliphatic rings. The van der Waals surface area contributed by atoms with E-state index in [0.29, 0.717) is 26.1 Å². The molecule has 1 aliphatic heterocycles. The van der Waals surface area contributed by atoms with Gasteiger partial charge in [-0.25, -0.2) is 13.2 Å². The third-order valence-electron chi connectivity index (χ3n) is 4.90. The number of fused-ring (bicyclic) bond motifs is 1. The highest BCUT2D eigenvalue weighted by atomic mass is 32.2. The third-order valence-corrected chi connectivity index (χ3v) is 7.12. The molecular formula is C19H26N4O3S2. The lowest BCUT2D eigenvalue weighted by atomic mass is 9.99. The lowest BCUT2D eigenvalue weighted by Crippen LogP contribution is -2.38. The number of benzene rings is 1. The minimum Gasteiger partial charge on any atom is -0.336 e. The number of carbonyl (C=O) groups is 1. The van der Waals surface area contributed by atoms with Crippen molar-refractivity contribution in [2.45, 2.75) is 19.0 Å². The summed E-state index contributed by atoms with van der Waals surface area (Å²) in [6.07, 6.45) is 1.80. The van der Waals surface area contributed by atoms with E-state index in [-0.39, 0.29) is 12.1 Å².